The average Bonchev–Trinajstić information content (AvgIpc) is 3.39. The lowest BCUT2D eigenvalue weighted by atomic mass is 10.00. The number of nitrogens with one attached hydrogen (secondary N) is 2. The molecule has 0 radical (unpaired) electrons. The molecule has 0 aliphatic rings. The first-order valence-corrected chi connectivity index (χ1v) is 11.0. The van der Waals surface area contributed by atoms with Crippen LogP contribution in [0.1, 0.15) is 35.7 Å². The third-order valence-corrected chi connectivity index (χ3v) is 5.70. The lowest BCUT2D eigenvalue weighted by Gasteiger charge is -2.23. The van der Waals surface area contributed by atoms with Gasteiger partial charge in [-0.3, -0.25) is 4.68 Å². The minimum absolute atomic E-state index is 0. The number of aliphatic hydroxyl groups is 1. The monoisotopic (exact) mass is 554 g/mol. The topological polar surface area (TPSA) is 87.4 Å². The summed E-state index contributed by atoms with van der Waals surface area (Å²) in [6.45, 7) is 5.33. The quantitative estimate of drug-likeness (QED) is 0.215. The van der Waals surface area contributed by atoms with Gasteiger partial charge in [-0.1, -0.05) is 30.3 Å². The van der Waals surface area contributed by atoms with Crippen LogP contribution in [0.3, 0.4) is 0 Å². The summed E-state index contributed by atoms with van der Waals surface area (Å²) in [5, 5.41) is 24.5. The highest BCUT2D eigenvalue weighted by Crippen LogP contribution is 2.18. The highest BCUT2D eigenvalue weighted by Gasteiger charge is 2.25. The molecule has 0 fully saturated rings. The van der Waals surface area contributed by atoms with Crippen LogP contribution in [0.15, 0.2) is 53.1 Å². The molecule has 2 aromatic heterocycles. The van der Waals surface area contributed by atoms with E-state index in [2.05, 4.69) is 50.4 Å². The number of hydrogen-bond acceptors (Lipinski definition) is 5. The fourth-order valence-corrected chi connectivity index (χ4v) is 3.78. The molecule has 0 amide bonds. The lowest BCUT2D eigenvalue weighted by molar-refractivity contribution is 0.0616. The Morgan fingerprint density at radius 3 is 2.68 bits per heavy atom. The minimum atomic E-state index is -1.05. The number of nitrogens with zero attached hydrogens (tertiary/aromatic N) is 4. The minimum Gasteiger partial charge on any atom is -0.383 e. The van der Waals surface area contributed by atoms with Gasteiger partial charge >= 0.3 is 0 Å². The Morgan fingerprint density at radius 2 is 2.00 bits per heavy atom. The summed E-state index contributed by atoms with van der Waals surface area (Å²) >= 11 is 1.68. The Bertz CT molecular complexity index is 954. The third-order valence-electron chi connectivity index (χ3n) is 4.74. The Balaban J connectivity index is 0.00000341. The Kier molecular flexibility index (Phi) is 9.92. The van der Waals surface area contributed by atoms with E-state index in [0.29, 0.717) is 19.0 Å². The maximum atomic E-state index is 10.7. The van der Waals surface area contributed by atoms with E-state index in [1.54, 1.807) is 29.1 Å². The highest BCUT2D eigenvalue weighted by atomic mass is 127. The SMILES string of the molecule is CCNC(=NCc1csc(CCc2ccccc2)n1)NCC(C)(O)c1cnn(C)c1.I. The molecular weight excluding hydrogens is 523 g/mol. The maximum Gasteiger partial charge on any atom is 0.191 e. The fourth-order valence-electron chi connectivity index (χ4n) is 2.99. The smallest absolute Gasteiger partial charge is 0.191 e. The molecule has 1 unspecified atom stereocenters. The first-order valence-electron chi connectivity index (χ1n) is 10.2. The van der Waals surface area contributed by atoms with Crippen molar-refractivity contribution < 1.29 is 5.11 Å². The summed E-state index contributed by atoms with van der Waals surface area (Å²) in [7, 11) is 1.83. The number of aromatic nitrogens is 3. The normalized spacial score (nSPS) is 13.4. The average molecular weight is 555 g/mol. The van der Waals surface area contributed by atoms with Gasteiger partial charge in [-0.2, -0.15) is 5.10 Å². The van der Waals surface area contributed by atoms with Crippen LogP contribution in [0, 0.1) is 0 Å². The number of rotatable bonds is 9. The second-order valence-corrected chi connectivity index (χ2v) is 8.39. The van der Waals surface area contributed by atoms with Crippen molar-refractivity contribution in [2.45, 2.75) is 38.8 Å². The molecule has 0 aliphatic heterocycles. The van der Waals surface area contributed by atoms with E-state index >= 15 is 0 Å². The molecule has 3 rings (SSSR count). The predicted octanol–water partition coefficient (Wildman–Crippen LogP) is 3.24. The largest absolute Gasteiger partial charge is 0.383 e. The van der Waals surface area contributed by atoms with E-state index in [4.69, 9.17) is 4.98 Å². The van der Waals surface area contributed by atoms with Crippen LogP contribution in [0.4, 0.5) is 0 Å². The first-order chi connectivity index (χ1) is 14.5. The number of benzene rings is 1. The van der Waals surface area contributed by atoms with E-state index in [1.165, 1.54) is 5.56 Å². The van der Waals surface area contributed by atoms with E-state index in [-0.39, 0.29) is 24.0 Å². The summed E-state index contributed by atoms with van der Waals surface area (Å²) in [4.78, 5) is 9.34. The van der Waals surface area contributed by atoms with Crippen LogP contribution >= 0.6 is 35.3 Å². The van der Waals surface area contributed by atoms with Crippen LogP contribution in [0.2, 0.25) is 0 Å². The molecule has 1 aromatic carbocycles. The number of halogens is 1. The molecule has 0 bridgehead atoms. The molecule has 0 saturated heterocycles. The zero-order valence-corrected chi connectivity index (χ0v) is 21.4. The summed E-state index contributed by atoms with van der Waals surface area (Å²) in [5.41, 5.74) is 2.00. The number of aryl methyl sites for hydroxylation is 3. The Labute approximate surface area is 205 Å². The lowest BCUT2D eigenvalue weighted by Crippen LogP contribution is -2.44. The molecule has 0 aliphatic carbocycles. The second-order valence-electron chi connectivity index (χ2n) is 7.44. The maximum absolute atomic E-state index is 10.7. The van der Waals surface area contributed by atoms with Crippen molar-refractivity contribution in [3.63, 3.8) is 0 Å². The molecule has 9 heteroatoms. The molecule has 3 aromatic rings. The number of aliphatic imine (C=N–C) groups is 1. The summed E-state index contributed by atoms with van der Waals surface area (Å²) in [6, 6.07) is 10.5. The molecule has 3 N–H and O–H groups in total. The van der Waals surface area contributed by atoms with Gasteiger partial charge < -0.3 is 15.7 Å². The molecular formula is C22H31IN6OS. The van der Waals surface area contributed by atoms with Gasteiger partial charge in [-0.15, -0.1) is 35.3 Å². The van der Waals surface area contributed by atoms with Gasteiger partial charge in [0.15, 0.2) is 5.96 Å². The van der Waals surface area contributed by atoms with Crippen molar-refractivity contribution in [1.29, 1.82) is 0 Å². The van der Waals surface area contributed by atoms with Crippen molar-refractivity contribution >= 4 is 41.3 Å². The van der Waals surface area contributed by atoms with Gasteiger partial charge in [0.25, 0.3) is 0 Å². The molecule has 31 heavy (non-hydrogen) atoms. The zero-order chi connectivity index (χ0) is 21.4. The molecule has 7 nitrogen and oxygen atoms in total. The third kappa shape index (κ3) is 7.89. The summed E-state index contributed by atoms with van der Waals surface area (Å²) in [6.07, 6.45) is 5.42. The van der Waals surface area contributed by atoms with Crippen molar-refractivity contribution in [2.75, 3.05) is 13.1 Å². The molecule has 2 heterocycles. The van der Waals surface area contributed by atoms with Crippen molar-refractivity contribution in [3.05, 3.63) is 69.9 Å². The highest BCUT2D eigenvalue weighted by molar-refractivity contribution is 14.0. The van der Waals surface area contributed by atoms with E-state index in [1.807, 2.05) is 26.2 Å². The number of hydrogen-bond donors (Lipinski definition) is 3. The Hall–Kier alpha value is -1.98. The predicted molar refractivity (Wildman–Crippen MR) is 137 cm³/mol. The van der Waals surface area contributed by atoms with Crippen molar-refractivity contribution in [3.8, 4) is 0 Å². The van der Waals surface area contributed by atoms with Gasteiger partial charge in [-0.05, 0) is 25.8 Å². The van der Waals surface area contributed by atoms with Gasteiger partial charge in [0.05, 0.1) is 30.0 Å². The standard InChI is InChI=1S/C22H30N6OS.HI/c1-4-23-21(25-16-22(2,29)18-12-26-28(3)14-18)24-13-19-15-30-20(27-19)11-10-17-8-6-5-7-9-17;/h5-9,12,14-15,29H,4,10-11,13,16H2,1-3H3,(H2,23,24,25);1H. The molecule has 1 atom stereocenters. The van der Waals surface area contributed by atoms with Crippen LogP contribution < -0.4 is 10.6 Å². The Morgan fingerprint density at radius 1 is 1.23 bits per heavy atom. The molecule has 0 saturated carbocycles. The fraction of sp³-hybridized carbons (Fsp3) is 0.409. The first kappa shape index (κ1) is 25.3. The van der Waals surface area contributed by atoms with Crippen LogP contribution in [-0.2, 0) is 32.0 Å². The van der Waals surface area contributed by atoms with Crippen LogP contribution in [0.25, 0.3) is 0 Å². The number of thiazole rings is 1. The molecule has 0 spiro atoms. The van der Waals surface area contributed by atoms with Crippen molar-refractivity contribution in [2.24, 2.45) is 12.0 Å². The van der Waals surface area contributed by atoms with Gasteiger partial charge in [-0.25, -0.2) is 9.98 Å². The van der Waals surface area contributed by atoms with Gasteiger partial charge in [0, 0.05) is 37.2 Å². The zero-order valence-electron chi connectivity index (χ0n) is 18.2. The van der Waals surface area contributed by atoms with Gasteiger partial charge in [0.1, 0.15) is 5.60 Å². The van der Waals surface area contributed by atoms with Gasteiger partial charge in [0.2, 0.25) is 0 Å². The molecule has 168 valence electrons. The second kappa shape index (κ2) is 12.2. The van der Waals surface area contributed by atoms with E-state index in [0.717, 1.165) is 35.7 Å². The van der Waals surface area contributed by atoms with Crippen molar-refractivity contribution in [1.82, 2.24) is 25.4 Å². The van der Waals surface area contributed by atoms with E-state index in [9.17, 15) is 5.11 Å². The van der Waals surface area contributed by atoms with E-state index < -0.39 is 5.60 Å². The summed E-state index contributed by atoms with van der Waals surface area (Å²) in [5.74, 6) is 0.653. The van der Waals surface area contributed by atoms with Crippen LogP contribution in [-0.4, -0.2) is 38.9 Å². The van der Waals surface area contributed by atoms with Crippen LogP contribution in [0.5, 0.6) is 0 Å². The number of guanidine groups is 1. The summed E-state index contributed by atoms with van der Waals surface area (Å²) < 4.78 is 1.68.